The summed E-state index contributed by atoms with van der Waals surface area (Å²) in [5.74, 6) is 0.806. The van der Waals surface area contributed by atoms with Gasteiger partial charge in [-0.25, -0.2) is 4.79 Å². The molecule has 0 aliphatic heterocycles. The Hall–Kier alpha value is -2.42. The third-order valence-corrected chi connectivity index (χ3v) is 4.18. The molecule has 6 nitrogen and oxygen atoms in total. The van der Waals surface area contributed by atoms with Crippen LogP contribution in [0.3, 0.4) is 0 Å². The lowest BCUT2D eigenvalue weighted by Crippen LogP contribution is -2.07. The van der Waals surface area contributed by atoms with Gasteiger partial charge in [0, 0.05) is 3.57 Å². The summed E-state index contributed by atoms with van der Waals surface area (Å²) >= 11 is 2.08. The molecule has 1 aromatic heterocycles. The minimum absolute atomic E-state index is 0.0913. The molecule has 24 heavy (non-hydrogen) atoms. The Labute approximate surface area is 151 Å². The molecule has 0 fully saturated rings. The van der Waals surface area contributed by atoms with Crippen LogP contribution in [0.25, 0.3) is 11.4 Å². The Balaban J connectivity index is 1.71. The second-order valence-corrected chi connectivity index (χ2v) is 5.93. The number of halogens is 1. The van der Waals surface area contributed by atoms with Crippen LogP contribution >= 0.6 is 22.6 Å². The van der Waals surface area contributed by atoms with E-state index in [1.165, 1.54) is 0 Å². The van der Waals surface area contributed by atoms with Gasteiger partial charge < -0.3 is 14.0 Å². The van der Waals surface area contributed by atoms with E-state index in [2.05, 4.69) is 32.7 Å². The van der Waals surface area contributed by atoms with Crippen LogP contribution in [0.5, 0.6) is 5.75 Å². The largest absolute Gasteiger partial charge is 0.496 e. The quantitative estimate of drug-likeness (QED) is 0.449. The molecule has 2 aromatic carbocycles. The number of methoxy groups -OCH3 is 1. The molecule has 3 rings (SSSR count). The van der Waals surface area contributed by atoms with Crippen molar-refractivity contribution >= 4 is 28.6 Å². The van der Waals surface area contributed by atoms with E-state index in [0.717, 1.165) is 3.57 Å². The smallest absolute Gasteiger partial charge is 0.339 e. The van der Waals surface area contributed by atoms with Crippen molar-refractivity contribution in [3.63, 3.8) is 0 Å². The molecule has 0 aliphatic carbocycles. The van der Waals surface area contributed by atoms with Crippen molar-refractivity contribution in [3.05, 3.63) is 63.6 Å². The molecular formula is C17H13IN2O4. The van der Waals surface area contributed by atoms with Crippen molar-refractivity contribution in [2.45, 2.75) is 6.61 Å². The van der Waals surface area contributed by atoms with Gasteiger partial charge in [-0.2, -0.15) is 4.98 Å². The fourth-order valence-corrected chi connectivity index (χ4v) is 2.69. The van der Waals surface area contributed by atoms with Crippen molar-refractivity contribution in [3.8, 4) is 17.1 Å². The summed E-state index contributed by atoms with van der Waals surface area (Å²) in [4.78, 5) is 16.3. The van der Waals surface area contributed by atoms with E-state index in [0.29, 0.717) is 22.7 Å². The van der Waals surface area contributed by atoms with Crippen LogP contribution < -0.4 is 4.74 Å². The van der Waals surface area contributed by atoms with E-state index < -0.39 is 5.97 Å². The molecule has 0 unspecified atom stereocenters. The van der Waals surface area contributed by atoms with Gasteiger partial charge in [0.25, 0.3) is 5.89 Å². The van der Waals surface area contributed by atoms with Crippen LogP contribution in [0.15, 0.2) is 53.1 Å². The van der Waals surface area contributed by atoms with Crippen LogP contribution in [0.2, 0.25) is 0 Å². The van der Waals surface area contributed by atoms with Crippen LogP contribution in [0, 0.1) is 3.57 Å². The Morgan fingerprint density at radius 1 is 1.17 bits per heavy atom. The molecule has 0 amide bonds. The molecule has 122 valence electrons. The zero-order chi connectivity index (χ0) is 16.9. The summed E-state index contributed by atoms with van der Waals surface area (Å²) in [6.07, 6.45) is 0. The Morgan fingerprint density at radius 2 is 1.92 bits per heavy atom. The number of benzene rings is 2. The van der Waals surface area contributed by atoms with Gasteiger partial charge in [0.2, 0.25) is 5.82 Å². The monoisotopic (exact) mass is 436 g/mol. The van der Waals surface area contributed by atoms with Gasteiger partial charge >= 0.3 is 5.97 Å². The first-order chi connectivity index (χ1) is 11.7. The highest BCUT2D eigenvalue weighted by molar-refractivity contribution is 14.1. The summed E-state index contributed by atoms with van der Waals surface area (Å²) < 4.78 is 16.5. The number of nitrogens with zero attached hydrogens (tertiary/aromatic N) is 2. The standard InChI is InChI=1S/C17H13IN2O4/c1-22-14-9-5-3-7-12(14)16-19-15(24-20-16)10-23-17(21)11-6-2-4-8-13(11)18/h2-9H,10H2,1H3. The normalized spacial score (nSPS) is 10.4. The SMILES string of the molecule is COc1ccccc1-c1noc(COC(=O)c2ccccc2I)n1. The highest BCUT2D eigenvalue weighted by Crippen LogP contribution is 2.27. The number of carbonyl (C=O) groups excluding carboxylic acids is 1. The number of hydrogen-bond acceptors (Lipinski definition) is 6. The van der Waals surface area contributed by atoms with Crippen LogP contribution in [-0.4, -0.2) is 23.2 Å². The molecule has 0 N–H and O–H groups in total. The van der Waals surface area contributed by atoms with E-state index in [1.54, 1.807) is 19.2 Å². The van der Waals surface area contributed by atoms with Crippen LogP contribution in [-0.2, 0) is 11.3 Å². The van der Waals surface area contributed by atoms with Crippen molar-refractivity contribution < 1.29 is 18.8 Å². The molecule has 0 spiro atoms. The van der Waals surface area contributed by atoms with E-state index in [-0.39, 0.29) is 12.5 Å². The van der Waals surface area contributed by atoms with E-state index >= 15 is 0 Å². The number of carbonyl (C=O) groups is 1. The minimum atomic E-state index is -0.433. The average Bonchev–Trinajstić information content (AvgIpc) is 3.09. The number of rotatable bonds is 5. The van der Waals surface area contributed by atoms with Crippen molar-refractivity contribution in [1.29, 1.82) is 0 Å². The summed E-state index contributed by atoms with van der Waals surface area (Å²) in [7, 11) is 1.57. The number of aromatic nitrogens is 2. The topological polar surface area (TPSA) is 74.5 Å². The fourth-order valence-electron chi connectivity index (χ4n) is 2.08. The molecule has 0 saturated carbocycles. The Morgan fingerprint density at radius 3 is 2.71 bits per heavy atom. The molecule has 0 saturated heterocycles. The van der Waals surface area contributed by atoms with Gasteiger partial charge in [-0.1, -0.05) is 29.4 Å². The first-order valence-electron chi connectivity index (χ1n) is 7.06. The lowest BCUT2D eigenvalue weighted by molar-refractivity contribution is 0.0428. The third kappa shape index (κ3) is 3.56. The summed E-state index contributed by atoms with van der Waals surface area (Å²) in [6.45, 7) is -0.0913. The molecule has 7 heteroatoms. The van der Waals surface area contributed by atoms with Crippen LogP contribution in [0.4, 0.5) is 0 Å². The first-order valence-corrected chi connectivity index (χ1v) is 8.14. The van der Waals surface area contributed by atoms with E-state index in [4.69, 9.17) is 14.0 Å². The van der Waals surface area contributed by atoms with Crippen molar-refractivity contribution in [2.24, 2.45) is 0 Å². The zero-order valence-electron chi connectivity index (χ0n) is 12.7. The molecule has 1 heterocycles. The van der Waals surface area contributed by atoms with Gasteiger partial charge in [-0.05, 0) is 46.9 Å². The summed E-state index contributed by atoms with van der Waals surface area (Å²) in [5.41, 5.74) is 1.21. The minimum Gasteiger partial charge on any atom is -0.496 e. The highest BCUT2D eigenvalue weighted by Gasteiger charge is 2.15. The summed E-state index contributed by atoms with van der Waals surface area (Å²) in [5, 5.41) is 3.90. The maximum atomic E-state index is 12.1. The Kier molecular flexibility index (Phi) is 5.09. The molecule has 0 bridgehead atoms. The second kappa shape index (κ2) is 7.43. The van der Waals surface area contributed by atoms with Crippen molar-refractivity contribution in [2.75, 3.05) is 7.11 Å². The van der Waals surface area contributed by atoms with Crippen molar-refractivity contribution in [1.82, 2.24) is 10.1 Å². The van der Waals surface area contributed by atoms with Gasteiger partial charge in [0.05, 0.1) is 18.2 Å². The lowest BCUT2D eigenvalue weighted by Gasteiger charge is -2.04. The maximum Gasteiger partial charge on any atom is 0.339 e. The highest BCUT2D eigenvalue weighted by atomic mass is 127. The second-order valence-electron chi connectivity index (χ2n) is 4.77. The van der Waals surface area contributed by atoms with E-state index in [9.17, 15) is 4.79 Å². The summed E-state index contributed by atoms with van der Waals surface area (Å²) in [6, 6.07) is 14.5. The Bertz CT molecular complexity index is 863. The number of ether oxygens (including phenoxy) is 2. The third-order valence-electron chi connectivity index (χ3n) is 3.24. The predicted molar refractivity (Wildman–Crippen MR) is 94.6 cm³/mol. The van der Waals surface area contributed by atoms with Crippen LogP contribution in [0.1, 0.15) is 16.2 Å². The number of hydrogen-bond donors (Lipinski definition) is 0. The fraction of sp³-hybridized carbons (Fsp3) is 0.118. The average molecular weight is 436 g/mol. The predicted octanol–water partition coefficient (Wildman–Crippen LogP) is 3.71. The molecule has 0 aliphatic rings. The molecule has 3 aromatic rings. The zero-order valence-corrected chi connectivity index (χ0v) is 14.9. The molecular weight excluding hydrogens is 423 g/mol. The van der Waals surface area contributed by atoms with Gasteiger partial charge in [-0.3, -0.25) is 0 Å². The van der Waals surface area contributed by atoms with E-state index in [1.807, 2.05) is 36.4 Å². The van der Waals surface area contributed by atoms with Gasteiger partial charge in [-0.15, -0.1) is 0 Å². The maximum absolute atomic E-state index is 12.1. The lowest BCUT2D eigenvalue weighted by atomic mass is 10.2. The number of para-hydroxylation sites is 1. The van der Waals surface area contributed by atoms with Gasteiger partial charge in [0.1, 0.15) is 5.75 Å². The van der Waals surface area contributed by atoms with Gasteiger partial charge in [0.15, 0.2) is 6.61 Å². The molecule has 0 atom stereocenters. The number of esters is 1. The molecule has 0 radical (unpaired) electrons. The first kappa shape index (κ1) is 16.4.